The lowest BCUT2D eigenvalue weighted by Crippen LogP contribution is -2.28. The van der Waals surface area contributed by atoms with Crippen molar-refractivity contribution in [3.8, 4) is 0 Å². The minimum atomic E-state index is 0.150. The molecule has 2 N–H and O–H groups in total. The van der Waals surface area contributed by atoms with Gasteiger partial charge in [0.15, 0.2) is 5.82 Å². The van der Waals surface area contributed by atoms with Crippen molar-refractivity contribution < 1.29 is 5.11 Å². The molecule has 0 radical (unpaired) electrons. The summed E-state index contributed by atoms with van der Waals surface area (Å²) in [5, 5.41) is 12.8. The summed E-state index contributed by atoms with van der Waals surface area (Å²) < 4.78 is 2.14. The lowest BCUT2D eigenvalue weighted by Gasteiger charge is -2.21. The molecule has 0 spiro atoms. The molecule has 3 rings (SSSR count). The van der Waals surface area contributed by atoms with Gasteiger partial charge in [-0.15, -0.1) is 0 Å². The van der Waals surface area contributed by atoms with E-state index in [1.807, 2.05) is 18.2 Å². The SMILES string of the molecule is CCN(CCO)c1nc2ccccn2c1CNC1CC1. The Morgan fingerprint density at radius 2 is 2.30 bits per heavy atom. The molecular weight excluding hydrogens is 252 g/mol. The van der Waals surface area contributed by atoms with E-state index in [-0.39, 0.29) is 6.61 Å². The van der Waals surface area contributed by atoms with E-state index in [1.54, 1.807) is 0 Å². The van der Waals surface area contributed by atoms with Crippen molar-refractivity contribution in [1.29, 1.82) is 0 Å². The Balaban J connectivity index is 1.96. The van der Waals surface area contributed by atoms with E-state index in [0.29, 0.717) is 12.6 Å². The number of aromatic nitrogens is 2. The normalized spacial score (nSPS) is 14.9. The Morgan fingerprint density at radius 3 is 3.00 bits per heavy atom. The number of anilines is 1. The predicted octanol–water partition coefficient (Wildman–Crippen LogP) is 1.40. The summed E-state index contributed by atoms with van der Waals surface area (Å²) in [6.07, 6.45) is 4.61. The van der Waals surface area contributed by atoms with Gasteiger partial charge in [-0.2, -0.15) is 0 Å². The molecule has 0 amide bonds. The standard InChI is InChI=1S/C15H22N4O/c1-2-18(9-10-20)15-13(11-16-12-6-7-12)19-8-4-3-5-14(19)17-15/h3-5,8,12,16,20H,2,6-7,9-11H2,1H3. The molecular formula is C15H22N4O. The van der Waals surface area contributed by atoms with E-state index in [4.69, 9.17) is 4.98 Å². The van der Waals surface area contributed by atoms with Gasteiger partial charge in [-0.25, -0.2) is 4.98 Å². The maximum absolute atomic E-state index is 9.23. The zero-order valence-corrected chi connectivity index (χ0v) is 11.9. The molecule has 0 unspecified atom stereocenters. The fraction of sp³-hybridized carbons (Fsp3) is 0.533. The molecule has 0 aliphatic heterocycles. The van der Waals surface area contributed by atoms with Crippen LogP contribution in [0.4, 0.5) is 5.82 Å². The second kappa shape index (κ2) is 5.81. The van der Waals surface area contributed by atoms with Crippen molar-refractivity contribution >= 4 is 11.5 Å². The minimum Gasteiger partial charge on any atom is -0.395 e. The highest BCUT2D eigenvalue weighted by Crippen LogP contribution is 2.24. The molecule has 108 valence electrons. The third-order valence-electron chi connectivity index (χ3n) is 3.79. The molecule has 0 atom stereocenters. The van der Waals surface area contributed by atoms with E-state index in [9.17, 15) is 5.11 Å². The highest BCUT2D eigenvalue weighted by molar-refractivity contribution is 5.56. The molecule has 1 aliphatic rings. The Bertz CT molecular complexity index is 576. The van der Waals surface area contributed by atoms with Gasteiger partial charge in [0.1, 0.15) is 5.65 Å². The molecule has 20 heavy (non-hydrogen) atoms. The number of aliphatic hydroxyl groups is 1. The fourth-order valence-corrected chi connectivity index (χ4v) is 2.51. The first-order valence-electron chi connectivity index (χ1n) is 7.38. The maximum Gasteiger partial charge on any atom is 0.152 e. The minimum absolute atomic E-state index is 0.150. The number of aliphatic hydroxyl groups excluding tert-OH is 1. The Morgan fingerprint density at radius 1 is 1.45 bits per heavy atom. The first-order chi connectivity index (χ1) is 9.83. The average molecular weight is 274 g/mol. The number of rotatable bonds is 7. The second-order valence-corrected chi connectivity index (χ2v) is 5.27. The molecule has 0 bridgehead atoms. The van der Waals surface area contributed by atoms with E-state index < -0.39 is 0 Å². The van der Waals surface area contributed by atoms with E-state index in [2.05, 4.69) is 27.7 Å². The predicted molar refractivity (Wildman–Crippen MR) is 80.0 cm³/mol. The van der Waals surface area contributed by atoms with Gasteiger partial charge in [-0.1, -0.05) is 6.07 Å². The number of imidazole rings is 1. The summed E-state index contributed by atoms with van der Waals surface area (Å²) in [6, 6.07) is 6.73. The largest absolute Gasteiger partial charge is 0.395 e. The quantitative estimate of drug-likeness (QED) is 0.801. The molecule has 5 heteroatoms. The van der Waals surface area contributed by atoms with Crippen LogP contribution in [-0.2, 0) is 6.54 Å². The van der Waals surface area contributed by atoms with E-state index >= 15 is 0 Å². The van der Waals surface area contributed by atoms with Crippen LogP contribution in [0.5, 0.6) is 0 Å². The van der Waals surface area contributed by atoms with E-state index in [0.717, 1.165) is 24.6 Å². The number of hydrogen-bond acceptors (Lipinski definition) is 4. The van der Waals surface area contributed by atoms with Crippen LogP contribution in [0, 0.1) is 0 Å². The van der Waals surface area contributed by atoms with Crippen molar-refractivity contribution in [3.05, 3.63) is 30.1 Å². The molecule has 5 nitrogen and oxygen atoms in total. The summed E-state index contributed by atoms with van der Waals surface area (Å²) >= 11 is 0. The summed E-state index contributed by atoms with van der Waals surface area (Å²) in [7, 11) is 0. The highest BCUT2D eigenvalue weighted by Gasteiger charge is 2.23. The van der Waals surface area contributed by atoms with Crippen molar-refractivity contribution in [3.63, 3.8) is 0 Å². The highest BCUT2D eigenvalue weighted by atomic mass is 16.3. The van der Waals surface area contributed by atoms with Crippen molar-refractivity contribution in [1.82, 2.24) is 14.7 Å². The number of pyridine rings is 1. The third-order valence-corrected chi connectivity index (χ3v) is 3.79. The Kier molecular flexibility index (Phi) is 3.89. The molecule has 2 aromatic heterocycles. The summed E-state index contributed by atoms with van der Waals surface area (Å²) in [5.74, 6) is 0.987. The van der Waals surface area contributed by atoms with Gasteiger partial charge < -0.3 is 19.7 Å². The van der Waals surface area contributed by atoms with Gasteiger partial charge in [0.2, 0.25) is 0 Å². The lowest BCUT2D eigenvalue weighted by atomic mass is 10.3. The Hall–Kier alpha value is -1.59. The van der Waals surface area contributed by atoms with Crippen LogP contribution in [0.1, 0.15) is 25.5 Å². The number of likely N-dealkylation sites (N-methyl/N-ethyl adjacent to an activating group) is 1. The van der Waals surface area contributed by atoms with Gasteiger partial charge >= 0.3 is 0 Å². The number of nitrogens with zero attached hydrogens (tertiary/aromatic N) is 3. The van der Waals surface area contributed by atoms with Gasteiger partial charge in [0.25, 0.3) is 0 Å². The number of hydrogen-bond donors (Lipinski definition) is 2. The fourth-order valence-electron chi connectivity index (χ4n) is 2.51. The third kappa shape index (κ3) is 2.64. The van der Waals surface area contributed by atoms with Crippen molar-refractivity contribution in [2.75, 3.05) is 24.6 Å². The van der Waals surface area contributed by atoms with Crippen LogP contribution in [0.25, 0.3) is 5.65 Å². The van der Waals surface area contributed by atoms with Crippen LogP contribution in [0.15, 0.2) is 24.4 Å². The van der Waals surface area contributed by atoms with Crippen LogP contribution in [-0.4, -0.2) is 40.2 Å². The number of fused-ring (bicyclic) bond motifs is 1. The van der Waals surface area contributed by atoms with Crippen LogP contribution >= 0.6 is 0 Å². The van der Waals surface area contributed by atoms with Gasteiger partial charge in [-0.3, -0.25) is 0 Å². The smallest absolute Gasteiger partial charge is 0.152 e. The first-order valence-corrected chi connectivity index (χ1v) is 7.38. The molecule has 2 heterocycles. The van der Waals surface area contributed by atoms with E-state index in [1.165, 1.54) is 18.5 Å². The molecule has 1 aliphatic carbocycles. The zero-order valence-electron chi connectivity index (χ0n) is 11.9. The zero-order chi connectivity index (χ0) is 13.9. The van der Waals surface area contributed by atoms with Gasteiger partial charge in [0, 0.05) is 31.9 Å². The second-order valence-electron chi connectivity index (χ2n) is 5.27. The molecule has 0 aromatic carbocycles. The molecule has 2 aromatic rings. The van der Waals surface area contributed by atoms with Crippen LogP contribution in [0.3, 0.4) is 0 Å². The van der Waals surface area contributed by atoms with Crippen molar-refractivity contribution in [2.45, 2.75) is 32.4 Å². The van der Waals surface area contributed by atoms with Gasteiger partial charge in [0.05, 0.1) is 12.3 Å². The summed E-state index contributed by atoms with van der Waals surface area (Å²) in [6.45, 7) is 4.54. The monoisotopic (exact) mass is 274 g/mol. The van der Waals surface area contributed by atoms with Crippen LogP contribution < -0.4 is 10.2 Å². The Labute approximate surface area is 119 Å². The maximum atomic E-state index is 9.23. The van der Waals surface area contributed by atoms with Crippen molar-refractivity contribution in [2.24, 2.45) is 0 Å². The lowest BCUT2D eigenvalue weighted by molar-refractivity contribution is 0.302. The molecule has 0 saturated heterocycles. The summed E-state index contributed by atoms with van der Waals surface area (Å²) in [4.78, 5) is 6.87. The molecule has 1 fully saturated rings. The first kappa shape index (κ1) is 13.4. The van der Waals surface area contributed by atoms with Crippen LogP contribution in [0.2, 0.25) is 0 Å². The van der Waals surface area contributed by atoms with Gasteiger partial charge in [-0.05, 0) is 31.9 Å². The summed E-state index contributed by atoms with van der Waals surface area (Å²) in [5.41, 5.74) is 2.15. The molecule has 1 saturated carbocycles. The average Bonchev–Trinajstić information content (AvgIpc) is 3.23. The topological polar surface area (TPSA) is 52.8 Å². The number of nitrogens with one attached hydrogen (secondary N) is 1.